The van der Waals surface area contributed by atoms with E-state index in [-0.39, 0.29) is 17.4 Å². The number of benzene rings is 1. The Morgan fingerprint density at radius 2 is 1.76 bits per heavy atom. The van der Waals surface area contributed by atoms with Gasteiger partial charge >= 0.3 is 0 Å². The van der Waals surface area contributed by atoms with E-state index in [1.807, 2.05) is 18.2 Å². The number of rotatable bonds is 5. The Balaban J connectivity index is 1.30. The highest BCUT2D eigenvalue weighted by molar-refractivity contribution is 5.91. The second kappa shape index (κ2) is 7.86. The number of piperidine rings is 1. The van der Waals surface area contributed by atoms with Gasteiger partial charge in [0.25, 0.3) is 5.91 Å². The lowest BCUT2D eigenvalue weighted by molar-refractivity contribution is 0.0851. The van der Waals surface area contributed by atoms with Crippen molar-refractivity contribution in [1.29, 1.82) is 0 Å². The van der Waals surface area contributed by atoms with E-state index in [9.17, 15) is 4.79 Å². The Bertz CT molecular complexity index is 836. The van der Waals surface area contributed by atoms with E-state index in [0.29, 0.717) is 30.2 Å². The maximum atomic E-state index is 12.6. The van der Waals surface area contributed by atoms with Crippen molar-refractivity contribution in [3.63, 3.8) is 0 Å². The SMILES string of the molecule is CN1C2CCC1CC(NC(=O)c1ccc(COc3ccc(C(C)(C)C)cc3)o1)C2. The monoisotopic (exact) mass is 396 g/mol. The van der Waals surface area contributed by atoms with E-state index in [4.69, 9.17) is 9.15 Å². The third-order valence-electron chi connectivity index (χ3n) is 6.42. The molecular weight excluding hydrogens is 364 g/mol. The van der Waals surface area contributed by atoms with Gasteiger partial charge in [-0.15, -0.1) is 0 Å². The summed E-state index contributed by atoms with van der Waals surface area (Å²) in [5.74, 6) is 1.68. The fourth-order valence-electron chi connectivity index (χ4n) is 4.57. The molecule has 1 amide bonds. The van der Waals surface area contributed by atoms with Crippen LogP contribution in [0.2, 0.25) is 0 Å². The summed E-state index contributed by atoms with van der Waals surface area (Å²) in [6.07, 6.45) is 4.54. The average molecular weight is 397 g/mol. The highest BCUT2D eigenvalue weighted by atomic mass is 16.5. The molecule has 4 rings (SSSR count). The summed E-state index contributed by atoms with van der Waals surface area (Å²) in [4.78, 5) is 15.1. The van der Waals surface area contributed by atoms with Gasteiger partial charge in [0.05, 0.1) is 0 Å². The fraction of sp³-hybridized carbons (Fsp3) is 0.542. The zero-order valence-corrected chi connectivity index (χ0v) is 17.9. The van der Waals surface area contributed by atoms with Crippen LogP contribution in [-0.4, -0.2) is 36.0 Å². The summed E-state index contributed by atoms with van der Waals surface area (Å²) in [5, 5.41) is 3.16. The number of nitrogens with zero attached hydrogens (tertiary/aromatic N) is 1. The van der Waals surface area contributed by atoms with Gasteiger partial charge in [0, 0.05) is 18.1 Å². The van der Waals surface area contributed by atoms with E-state index < -0.39 is 0 Å². The molecule has 3 heterocycles. The van der Waals surface area contributed by atoms with Crippen molar-refractivity contribution in [3.8, 4) is 5.75 Å². The Hall–Kier alpha value is -2.27. The van der Waals surface area contributed by atoms with E-state index >= 15 is 0 Å². The molecule has 2 fully saturated rings. The summed E-state index contributed by atoms with van der Waals surface area (Å²) in [7, 11) is 2.20. The van der Waals surface area contributed by atoms with Gasteiger partial charge in [-0.1, -0.05) is 32.9 Å². The molecule has 2 aliphatic heterocycles. The van der Waals surface area contributed by atoms with Gasteiger partial charge in [0.1, 0.15) is 18.1 Å². The molecule has 2 unspecified atom stereocenters. The zero-order valence-electron chi connectivity index (χ0n) is 17.9. The molecule has 0 radical (unpaired) electrons. The minimum absolute atomic E-state index is 0.120. The molecule has 0 saturated carbocycles. The Labute approximate surface area is 173 Å². The summed E-state index contributed by atoms with van der Waals surface area (Å²) in [6, 6.07) is 13.1. The number of amides is 1. The number of hydrogen-bond acceptors (Lipinski definition) is 4. The Kier molecular flexibility index (Phi) is 5.43. The van der Waals surface area contributed by atoms with Crippen LogP contribution in [0.4, 0.5) is 0 Å². The summed E-state index contributed by atoms with van der Waals surface area (Å²) < 4.78 is 11.5. The van der Waals surface area contributed by atoms with E-state index in [1.165, 1.54) is 18.4 Å². The molecular formula is C24H32N2O3. The largest absolute Gasteiger partial charge is 0.486 e. The van der Waals surface area contributed by atoms with Crippen LogP contribution in [0.5, 0.6) is 5.75 Å². The highest BCUT2D eigenvalue weighted by Crippen LogP contribution is 2.34. The second-order valence-corrected chi connectivity index (χ2v) is 9.52. The molecule has 2 saturated heterocycles. The van der Waals surface area contributed by atoms with E-state index in [1.54, 1.807) is 6.07 Å². The number of fused-ring (bicyclic) bond motifs is 2. The summed E-state index contributed by atoms with van der Waals surface area (Å²) >= 11 is 0. The smallest absolute Gasteiger partial charge is 0.287 e. The first kappa shape index (κ1) is 20.0. The lowest BCUT2D eigenvalue weighted by atomic mass is 9.87. The van der Waals surface area contributed by atoms with Crippen molar-refractivity contribution in [3.05, 3.63) is 53.5 Å². The van der Waals surface area contributed by atoms with Crippen LogP contribution >= 0.6 is 0 Å². The lowest BCUT2D eigenvalue weighted by Crippen LogP contribution is -2.48. The molecule has 1 aromatic carbocycles. The fourth-order valence-corrected chi connectivity index (χ4v) is 4.57. The van der Waals surface area contributed by atoms with Crippen molar-refractivity contribution >= 4 is 5.91 Å². The van der Waals surface area contributed by atoms with Crippen molar-refractivity contribution in [2.45, 2.75) is 76.6 Å². The third-order valence-corrected chi connectivity index (χ3v) is 6.42. The minimum Gasteiger partial charge on any atom is -0.486 e. The standard InChI is InChI=1S/C24H32N2O3/c1-24(2,3)16-5-9-20(10-6-16)28-15-21-11-12-22(29-21)23(27)25-17-13-18-7-8-19(14-17)26(18)4/h5-6,9-12,17-19H,7-8,13-15H2,1-4H3,(H,25,27). The Morgan fingerprint density at radius 3 is 2.38 bits per heavy atom. The minimum atomic E-state index is -0.125. The number of furan rings is 1. The third kappa shape index (κ3) is 4.50. The quantitative estimate of drug-likeness (QED) is 0.808. The molecule has 1 aromatic heterocycles. The van der Waals surface area contributed by atoms with Gasteiger partial charge in [0.15, 0.2) is 5.76 Å². The van der Waals surface area contributed by atoms with Crippen LogP contribution in [0, 0.1) is 0 Å². The highest BCUT2D eigenvalue weighted by Gasteiger charge is 2.39. The first-order valence-electron chi connectivity index (χ1n) is 10.6. The molecule has 0 spiro atoms. The van der Waals surface area contributed by atoms with Gasteiger partial charge in [-0.3, -0.25) is 4.79 Å². The van der Waals surface area contributed by atoms with Crippen molar-refractivity contribution in [2.24, 2.45) is 0 Å². The van der Waals surface area contributed by atoms with Crippen LogP contribution in [-0.2, 0) is 12.0 Å². The number of hydrogen-bond donors (Lipinski definition) is 1. The van der Waals surface area contributed by atoms with Crippen LogP contribution in [0.3, 0.4) is 0 Å². The lowest BCUT2D eigenvalue weighted by Gasteiger charge is -2.36. The van der Waals surface area contributed by atoms with Crippen molar-refractivity contribution < 1.29 is 13.9 Å². The molecule has 29 heavy (non-hydrogen) atoms. The first-order valence-corrected chi connectivity index (χ1v) is 10.6. The molecule has 2 aliphatic rings. The molecule has 5 heteroatoms. The van der Waals surface area contributed by atoms with Crippen LogP contribution in [0.25, 0.3) is 0 Å². The molecule has 156 valence electrons. The van der Waals surface area contributed by atoms with Crippen molar-refractivity contribution in [2.75, 3.05) is 7.05 Å². The first-order chi connectivity index (χ1) is 13.8. The second-order valence-electron chi connectivity index (χ2n) is 9.52. The van der Waals surface area contributed by atoms with E-state index in [0.717, 1.165) is 18.6 Å². The summed E-state index contributed by atoms with van der Waals surface area (Å²) in [6.45, 7) is 6.87. The maximum Gasteiger partial charge on any atom is 0.287 e. The van der Waals surface area contributed by atoms with Gasteiger partial charge in [0.2, 0.25) is 0 Å². The van der Waals surface area contributed by atoms with Crippen LogP contribution in [0.1, 0.15) is 68.3 Å². The molecule has 0 aliphatic carbocycles. The van der Waals surface area contributed by atoms with Gasteiger partial charge < -0.3 is 19.4 Å². The number of ether oxygens (including phenoxy) is 1. The summed E-state index contributed by atoms with van der Waals surface area (Å²) in [5.41, 5.74) is 1.39. The predicted molar refractivity (Wildman–Crippen MR) is 113 cm³/mol. The molecule has 1 N–H and O–H groups in total. The van der Waals surface area contributed by atoms with Gasteiger partial charge in [-0.05, 0) is 68.0 Å². The predicted octanol–water partition coefficient (Wildman–Crippen LogP) is 4.51. The van der Waals surface area contributed by atoms with Gasteiger partial charge in [-0.25, -0.2) is 0 Å². The van der Waals surface area contributed by atoms with Gasteiger partial charge in [-0.2, -0.15) is 0 Å². The molecule has 2 aromatic rings. The molecule has 2 bridgehead atoms. The molecule has 5 nitrogen and oxygen atoms in total. The number of carbonyl (C=O) groups excluding carboxylic acids is 1. The topological polar surface area (TPSA) is 54.7 Å². The van der Waals surface area contributed by atoms with Crippen LogP contribution < -0.4 is 10.1 Å². The average Bonchev–Trinajstić information content (AvgIpc) is 3.22. The normalized spacial score (nSPS) is 24.5. The van der Waals surface area contributed by atoms with Crippen LogP contribution in [0.15, 0.2) is 40.8 Å². The zero-order chi connectivity index (χ0) is 20.6. The maximum absolute atomic E-state index is 12.6. The number of nitrogens with one attached hydrogen (secondary N) is 1. The molecule has 2 atom stereocenters. The van der Waals surface area contributed by atoms with E-state index in [2.05, 4.69) is 50.2 Å². The number of carbonyl (C=O) groups is 1. The van der Waals surface area contributed by atoms with Crippen molar-refractivity contribution in [1.82, 2.24) is 10.2 Å². The Morgan fingerprint density at radius 1 is 1.10 bits per heavy atom.